The number of aromatic nitrogens is 2. The van der Waals surface area contributed by atoms with E-state index in [4.69, 9.17) is 14.2 Å². The van der Waals surface area contributed by atoms with Gasteiger partial charge in [0.05, 0.1) is 20.5 Å². The summed E-state index contributed by atoms with van der Waals surface area (Å²) >= 11 is 0. The predicted octanol–water partition coefficient (Wildman–Crippen LogP) is 3.78. The minimum atomic E-state index is -1.21. The molecule has 0 amide bonds. The Labute approximate surface area is 152 Å². The zero-order valence-electron chi connectivity index (χ0n) is 15.4. The van der Waals surface area contributed by atoms with Crippen molar-refractivity contribution in [1.82, 2.24) is 9.97 Å². The third-order valence-electron chi connectivity index (χ3n) is 3.66. The van der Waals surface area contributed by atoms with Gasteiger partial charge in [-0.1, -0.05) is 19.9 Å². The third kappa shape index (κ3) is 4.30. The number of carbonyl (C=O) groups is 1. The lowest BCUT2D eigenvalue weighted by atomic mass is 10.0. The van der Waals surface area contributed by atoms with Crippen LogP contribution in [0.5, 0.6) is 17.5 Å². The topological polar surface area (TPSA) is 90.8 Å². The van der Waals surface area contributed by atoms with Crippen molar-refractivity contribution in [3.8, 4) is 17.5 Å². The molecule has 7 heteroatoms. The number of benzene rings is 1. The molecule has 1 heterocycles. The Morgan fingerprint density at radius 3 is 2.42 bits per heavy atom. The fourth-order valence-electron chi connectivity index (χ4n) is 2.43. The lowest BCUT2D eigenvalue weighted by Crippen LogP contribution is -2.07. The zero-order valence-corrected chi connectivity index (χ0v) is 15.4. The standard InChI is InChI=1S/C19H22N2O5/c1-11(2)13-6-12(3)7-14(8-13)26-18-16(15(9-24-4)19(22)23)17(25-5)20-10-21-18/h6-11H,1-5H3,(H,22,23)/b15-9-. The van der Waals surface area contributed by atoms with Gasteiger partial charge in [-0.05, 0) is 36.1 Å². The maximum Gasteiger partial charge on any atom is 0.339 e. The summed E-state index contributed by atoms with van der Waals surface area (Å²) in [6.45, 7) is 6.14. The third-order valence-corrected chi connectivity index (χ3v) is 3.66. The van der Waals surface area contributed by atoms with E-state index in [1.54, 1.807) is 0 Å². The Kier molecular flexibility index (Phi) is 6.16. The number of methoxy groups -OCH3 is 2. The van der Waals surface area contributed by atoms with Crippen LogP contribution in [0, 0.1) is 6.92 Å². The molecule has 0 bridgehead atoms. The van der Waals surface area contributed by atoms with Gasteiger partial charge in [0.25, 0.3) is 0 Å². The van der Waals surface area contributed by atoms with Crippen molar-refractivity contribution in [2.45, 2.75) is 26.7 Å². The van der Waals surface area contributed by atoms with E-state index >= 15 is 0 Å². The number of carboxylic acids is 1. The monoisotopic (exact) mass is 358 g/mol. The van der Waals surface area contributed by atoms with Gasteiger partial charge in [-0.15, -0.1) is 0 Å². The predicted molar refractivity (Wildman–Crippen MR) is 96.5 cm³/mol. The van der Waals surface area contributed by atoms with Crippen LogP contribution in [0.1, 0.15) is 36.5 Å². The molecule has 7 nitrogen and oxygen atoms in total. The van der Waals surface area contributed by atoms with E-state index in [2.05, 4.69) is 29.9 Å². The molecule has 0 aliphatic heterocycles. The summed E-state index contributed by atoms with van der Waals surface area (Å²) in [5, 5.41) is 9.51. The van der Waals surface area contributed by atoms with Crippen molar-refractivity contribution >= 4 is 11.5 Å². The SMILES string of the molecule is CO/C=C(\C(=O)O)c1c(OC)ncnc1Oc1cc(C)cc(C(C)C)c1. The minimum absolute atomic E-state index is 0.0721. The molecule has 2 rings (SSSR count). The van der Waals surface area contributed by atoms with Crippen LogP contribution < -0.4 is 9.47 Å². The van der Waals surface area contributed by atoms with Crippen LogP contribution in [0.3, 0.4) is 0 Å². The Morgan fingerprint density at radius 1 is 1.15 bits per heavy atom. The highest BCUT2D eigenvalue weighted by Crippen LogP contribution is 2.35. The first kappa shape index (κ1) is 19.2. The molecule has 2 aromatic rings. The van der Waals surface area contributed by atoms with E-state index in [0.29, 0.717) is 11.7 Å². The summed E-state index contributed by atoms with van der Waals surface area (Å²) < 4.78 is 16.0. The van der Waals surface area contributed by atoms with Crippen LogP contribution in [0.2, 0.25) is 0 Å². The second-order valence-corrected chi connectivity index (χ2v) is 5.97. The molecule has 1 aromatic heterocycles. The highest BCUT2D eigenvalue weighted by molar-refractivity contribution is 6.16. The van der Waals surface area contributed by atoms with Crippen molar-refractivity contribution in [2.24, 2.45) is 0 Å². The van der Waals surface area contributed by atoms with Gasteiger partial charge in [0, 0.05) is 0 Å². The van der Waals surface area contributed by atoms with Crippen LogP contribution in [0.15, 0.2) is 30.8 Å². The van der Waals surface area contributed by atoms with Gasteiger partial charge in [-0.2, -0.15) is 0 Å². The summed E-state index contributed by atoms with van der Waals surface area (Å²) in [4.78, 5) is 19.7. The number of ether oxygens (including phenoxy) is 3. The number of aryl methyl sites for hydroxylation is 1. The Balaban J connectivity index is 2.57. The second kappa shape index (κ2) is 8.33. The Hall–Kier alpha value is -3.09. The summed E-state index contributed by atoms with van der Waals surface area (Å²) in [5.74, 6) is -0.185. The van der Waals surface area contributed by atoms with Gasteiger partial charge in [-0.3, -0.25) is 0 Å². The normalized spacial score (nSPS) is 11.4. The molecule has 1 N–H and O–H groups in total. The highest BCUT2D eigenvalue weighted by atomic mass is 16.5. The van der Waals surface area contributed by atoms with Crippen molar-refractivity contribution in [2.75, 3.05) is 14.2 Å². The van der Waals surface area contributed by atoms with E-state index in [9.17, 15) is 9.90 Å². The number of rotatable bonds is 7. The van der Waals surface area contributed by atoms with Gasteiger partial charge >= 0.3 is 5.97 Å². The number of hydrogen-bond donors (Lipinski definition) is 1. The van der Waals surface area contributed by atoms with Gasteiger partial charge in [0.15, 0.2) is 0 Å². The molecule has 0 fully saturated rings. The minimum Gasteiger partial charge on any atom is -0.503 e. The maximum atomic E-state index is 11.6. The largest absolute Gasteiger partial charge is 0.503 e. The smallest absolute Gasteiger partial charge is 0.339 e. The van der Waals surface area contributed by atoms with Crippen LogP contribution in [-0.4, -0.2) is 35.3 Å². The van der Waals surface area contributed by atoms with Gasteiger partial charge in [-0.25, -0.2) is 14.8 Å². The summed E-state index contributed by atoms with van der Waals surface area (Å²) in [6, 6.07) is 5.83. The van der Waals surface area contributed by atoms with E-state index < -0.39 is 5.97 Å². The van der Waals surface area contributed by atoms with E-state index in [1.165, 1.54) is 20.5 Å². The summed E-state index contributed by atoms with van der Waals surface area (Å²) in [7, 11) is 2.75. The quantitative estimate of drug-likeness (QED) is 0.595. The fourth-order valence-corrected chi connectivity index (χ4v) is 2.43. The molecule has 0 saturated carbocycles. The molecule has 0 unspecified atom stereocenters. The molecule has 0 atom stereocenters. The van der Waals surface area contributed by atoms with E-state index in [1.807, 2.05) is 19.1 Å². The number of aliphatic carboxylic acids is 1. The zero-order chi connectivity index (χ0) is 19.3. The van der Waals surface area contributed by atoms with Crippen molar-refractivity contribution in [3.63, 3.8) is 0 Å². The summed E-state index contributed by atoms with van der Waals surface area (Å²) in [5.41, 5.74) is 2.07. The first-order chi connectivity index (χ1) is 12.4. The van der Waals surface area contributed by atoms with E-state index in [0.717, 1.165) is 17.4 Å². The van der Waals surface area contributed by atoms with Crippen LogP contribution in [0.4, 0.5) is 0 Å². The fraction of sp³-hybridized carbons (Fsp3) is 0.316. The van der Waals surface area contributed by atoms with Crippen LogP contribution in [0.25, 0.3) is 5.57 Å². The van der Waals surface area contributed by atoms with E-state index in [-0.39, 0.29) is 22.9 Å². The molecule has 26 heavy (non-hydrogen) atoms. The molecular weight excluding hydrogens is 336 g/mol. The number of carboxylic acid groups (broad SMARTS) is 1. The first-order valence-electron chi connectivity index (χ1n) is 8.02. The van der Waals surface area contributed by atoms with Gasteiger partial charge in [0.1, 0.15) is 23.2 Å². The summed E-state index contributed by atoms with van der Waals surface area (Å²) in [6.07, 6.45) is 2.34. The average Bonchev–Trinajstić information content (AvgIpc) is 2.59. The van der Waals surface area contributed by atoms with Gasteiger partial charge < -0.3 is 19.3 Å². The van der Waals surface area contributed by atoms with Crippen molar-refractivity contribution < 1.29 is 24.1 Å². The number of hydrogen-bond acceptors (Lipinski definition) is 6. The highest BCUT2D eigenvalue weighted by Gasteiger charge is 2.24. The lowest BCUT2D eigenvalue weighted by molar-refractivity contribution is -0.130. The molecule has 138 valence electrons. The Morgan fingerprint density at radius 2 is 1.85 bits per heavy atom. The van der Waals surface area contributed by atoms with Crippen LogP contribution in [-0.2, 0) is 9.53 Å². The molecule has 0 spiro atoms. The average molecular weight is 358 g/mol. The first-order valence-corrected chi connectivity index (χ1v) is 8.02. The van der Waals surface area contributed by atoms with Crippen molar-refractivity contribution in [1.29, 1.82) is 0 Å². The lowest BCUT2D eigenvalue weighted by Gasteiger charge is -2.15. The molecule has 1 aromatic carbocycles. The second-order valence-electron chi connectivity index (χ2n) is 5.97. The van der Waals surface area contributed by atoms with Crippen LogP contribution >= 0.6 is 0 Å². The molecule has 0 saturated heterocycles. The molecule has 0 aliphatic carbocycles. The molecule has 0 radical (unpaired) electrons. The van der Waals surface area contributed by atoms with Gasteiger partial charge in [0.2, 0.25) is 11.8 Å². The molecule has 0 aliphatic rings. The molecular formula is C19H22N2O5. The maximum absolute atomic E-state index is 11.6. The van der Waals surface area contributed by atoms with Crippen molar-refractivity contribution in [3.05, 3.63) is 47.5 Å². The number of nitrogens with zero attached hydrogens (tertiary/aromatic N) is 2. The Bertz CT molecular complexity index is 831.